The number of carboxylic acids is 1. The first-order valence-corrected chi connectivity index (χ1v) is 24.1. The van der Waals surface area contributed by atoms with Crippen molar-refractivity contribution in [1.82, 2.24) is 15.1 Å². The van der Waals surface area contributed by atoms with Crippen LogP contribution in [0.3, 0.4) is 0 Å². The van der Waals surface area contributed by atoms with E-state index in [0.717, 1.165) is 11.1 Å². The Labute approximate surface area is 400 Å². The SMILES string of the molecule is COc1cc2cc(c1Cl)N(C)C(=O)C[C@H](OC(=O)[C@H](C)N(C)C(=O)CCSC1CC(=O)N(CC3CCC(C(=O)O)CC3)C1=O)[C@]1(C)O[C@@H]1[C@H](C)[C@@H]1C[C@@](O)(NC(=O)O1)[C@H](OC)/C=C\C=C(\C)C2. The second kappa shape index (κ2) is 21.3. The molecule has 4 heterocycles. The molecule has 6 rings (SSSR count). The smallest absolute Gasteiger partial charge is 0.409 e. The van der Waals surface area contributed by atoms with E-state index in [1.165, 1.54) is 54.7 Å². The number of imide groups is 1. The maximum absolute atomic E-state index is 14.3. The molecule has 18 nitrogen and oxygen atoms in total. The average molecular weight is 976 g/mol. The molecule has 67 heavy (non-hydrogen) atoms. The van der Waals surface area contributed by atoms with Crippen LogP contribution in [0.4, 0.5) is 10.5 Å². The lowest BCUT2D eigenvalue weighted by molar-refractivity contribution is -0.162. The molecule has 0 aromatic heterocycles. The van der Waals surface area contributed by atoms with E-state index < -0.39 is 88.7 Å². The van der Waals surface area contributed by atoms with Gasteiger partial charge in [0.2, 0.25) is 23.6 Å². The number of allylic oxidation sites excluding steroid dienone is 3. The molecule has 1 aromatic carbocycles. The number of anilines is 1. The van der Waals surface area contributed by atoms with Crippen LogP contribution in [-0.2, 0) is 54.1 Å². The fourth-order valence-electron chi connectivity index (χ4n) is 9.51. The summed E-state index contributed by atoms with van der Waals surface area (Å²) in [6.45, 7) is 7.10. The van der Waals surface area contributed by atoms with Crippen molar-refractivity contribution in [2.24, 2.45) is 17.8 Å². The van der Waals surface area contributed by atoms with Gasteiger partial charge in [-0.3, -0.25) is 34.2 Å². The predicted molar refractivity (Wildman–Crippen MR) is 246 cm³/mol. The van der Waals surface area contributed by atoms with Crippen molar-refractivity contribution in [2.75, 3.05) is 45.5 Å². The number of fused-ring (bicyclic) bond motifs is 5. The van der Waals surface area contributed by atoms with Crippen LogP contribution in [0.1, 0.15) is 84.6 Å². The minimum atomic E-state index is -1.88. The first-order valence-electron chi connectivity index (χ1n) is 22.6. The number of methoxy groups -OCH3 is 2. The number of hydrogen-bond acceptors (Lipinski definition) is 14. The van der Waals surface area contributed by atoms with Gasteiger partial charge in [-0.15, -0.1) is 11.8 Å². The van der Waals surface area contributed by atoms with Gasteiger partial charge in [-0.1, -0.05) is 42.3 Å². The molecule has 9 atom stereocenters. The van der Waals surface area contributed by atoms with Gasteiger partial charge in [-0.05, 0) is 76.5 Å². The van der Waals surface area contributed by atoms with Crippen LogP contribution in [0.5, 0.6) is 5.75 Å². The molecule has 1 aliphatic carbocycles. The summed E-state index contributed by atoms with van der Waals surface area (Å²) in [7, 11) is 5.87. The number of nitrogens with one attached hydrogen (secondary N) is 1. The zero-order valence-electron chi connectivity index (χ0n) is 39.3. The average Bonchev–Trinajstić information content (AvgIpc) is 3.91. The number of amides is 5. The van der Waals surface area contributed by atoms with E-state index in [4.69, 9.17) is 35.3 Å². The molecule has 0 radical (unpaired) electrons. The molecule has 20 heteroatoms. The van der Waals surface area contributed by atoms with Crippen LogP contribution >= 0.6 is 23.4 Å². The first kappa shape index (κ1) is 51.7. The molecule has 4 aliphatic heterocycles. The van der Waals surface area contributed by atoms with Gasteiger partial charge < -0.3 is 43.7 Å². The summed E-state index contributed by atoms with van der Waals surface area (Å²) in [6.07, 6.45) is 2.63. The Kier molecular flexibility index (Phi) is 16.4. The van der Waals surface area contributed by atoms with Crippen molar-refractivity contribution in [2.45, 2.75) is 133 Å². The van der Waals surface area contributed by atoms with Crippen molar-refractivity contribution >= 4 is 70.7 Å². The fourth-order valence-corrected chi connectivity index (χ4v) is 10.9. The molecular weight excluding hydrogens is 912 g/mol. The third kappa shape index (κ3) is 11.6. The van der Waals surface area contributed by atoms with Gasteiger partial charge >= 0.3 is 18.0 Å². The van der Waals surface area contributed by atoms with Crippen LogP contribution < -0.4 is 15.0 Å². The minimum absolute atomic E-state index is 0.00460. The zero-order valence-corrected chi connectivity index (χ0v) is 40.9. The third-order valence-electron chi connectivity index (χ3n) is 14.0. The normalized spacial score (nSPS) is 33.1. The highest BCUT2D eigenvalue weighted by Gasteiger charge is 2.64. The summed E-state index contributed by atoms with van der Waals surface area (Å²) in [4.78, 5) is 96.2. The Morgan fingerprint density at radius 3 is 2.45 bits per heavy atom. The Morgan fingerprint density at radius 1 is 1.09 bits per heavy atom. The minimum Gasteiger partial charge on any atom is -0.495 e. The van der Waals surface area contributed by atoms with E-state index in [0.29, 0.717) is 43.5 Å². The number of rotatable bonds is 12. The molecule has 1 saturated carbocycles. The number of carbonyl (C=O) groups excluding carboxylic acids is 6. The van der Waals surface area contributed by atoms with E-state index in [1.807, 2.05) is 13.0 Å². The fraction of sp³-hybridized carbons (Fsp3) is 0.638. The van der Waals surface area contributed by atoms with Gasteiger partial charge in [0.1, 0.15) is 40.7 Å². The lowest BCUT2D eigenvalue weighted by Gasteiger charge is -2.42. The van der Waals surface area contributed by atoms with E-state index >= 15 is 0 Å². The highest BCUT2D eigenvalue weighted by Crippen LogP contribution is 2.49. The van der Waals surface area contributed by atoms with Gasteiger partial charge in [0.15, 0.2) is 5.72 Å². The number of thioether (sulfide) groups is 1. The second-order valence-corrected chi connectivity index (χ2v) is 20.3. The molecule has 1 unspecified atom stereocenters. The number of hydrogen-bond donors (Lipinski definition) is 3. The largest absolute Gasteiger partial charge is 0.495 e. The number of carbonyl (C=O) groups is 7. The van der Waals surface area contributed by atoms with Crippen LogP contribution in [0.2, 0.25) is 5.02 Å². The van der Waals surface area contributed by atoms with Crippen molar-refractivity contribution < 1.29 is 67.5 Å². The van der Waals surface area contributed by atoms with Gasteiger partial charge in [0.25, 0.3) is 0 Å². The summed E-state index contributed by atoms with van der Waals surface area (Å²) in [5.41, 5.74) is -1.16. The molecule has 4 fully saturated rings. The molecule has 3 saturated heterocycles. The molecule has 3 N–H and O–H groups in total. The second-order valence-electron chi connectivity index (χ2n) is 18.6. The number of carboxylic acid groups (broad SMARTS) is 1. The van der Waals surface area contributed by atoms with E-state index in [1.54, 1.807) is 45.2 Å². The van der Waals surface area contributed by atoms with Crippen LogP contribution in [0, 0.1) is 17.8 Å². The Bertz CT molecular complexity index is 2170. The number of alkyl carbamates (subject to hydrolysis) is 1. The van der Waals surface area contributed by atoms with Crippen molar-refractivity contribution in [3.05, 3.63) is 46.5 Å². The number of halogens is 1. The molecule has 4 bridgehead atoms. The maximum Gasteiger partial charge on any atom is 0.409 e. The number of esters is 1. The maximum atomic E-state index is 14.3. The zero-order chi connectivity index (χ0) is 49.1. The van der Waals surface area contributed by atoms with Gasteiger partial charge in [-0.2, -0.15) is 0 Å². The van der Waals surface area contributed by atoms with E-state index in [9.17, 15) is 43.8 Å². The first-order chi connectivity index (χ1) is 31.6. The quantitative estimate of drug-likeness (QED) is 0.147. The van der Waals surface area contributed by atoms with E-state index in [2.05, 4.69) is 5.32 Å². The van der Waals surface area contributed by atoms with Gasteiger partial charge in [0.05, 0.1) is 36.5 Å². The Balaban J connectivity index is 1.16. The highest BCUT2D eigenvalue weighted by atomic mass is 35.5. The van der Waals surface area contributed by atoms with E-state index in [-0.39, 0.29) is 60.7 Å². The molecular formula is C47H63ClN4O14S. The molecule has 5 aliphatic rings. The van der Waals surface area contributed by atoms with Crippen molar-refractivity contribution in [3.8, 4) is 5.75 Å². The predicted octanol–water partition coefficient (Wildman–Crippen LogP) is 4.66. The van der Waals surface area contributed by atoms with Gasteiger partial charge in [0, 0.05) is 58.7 Å². The molecule has 0 spiro atoms. The topological polar surface area (TPSA) is 231 Å². The third-order valence-corrected chi connectivity index (χ3v) is 15.6. The van der Waals surface area contributed by atoms with Crippen LogP contribution in [-0.4, -0.2) is 149 Å². The number of aliphatic hydroxyl groups is 1. The van der Waals surface area contributed by atoms with Gasteiger partial charge in [-0.25, -0.2) is 9.59 Å². The Hall–Kier alpha value is -4.69. The number of aliphatic carboxylic acids is 1. The van der Waals surface area contributed by atoms with Crippen molar-refractivity contribution in [3.63, 3.8) is 0 Å². The number of likely N-dealkylation sites (N-methyl/N-ethyl adjacent to an activating group) is 1. The number of likely N-dealkylation sites (tertiary alicyclic amines) is 1. The highest BCUT2D eigenvalue weighted by molar-refractivity contribution is 8.00. The van der Waals surface area contributed by atoms with Crippen LogP contribution in [0.25, 0.3) is 0 Å². The number of epoxide rings is 1. The summed E-state index contributed by atoms with van der Waals surface area (Å²) < 4.78 is 29.4. The summed E-state index contributed by atoms with van der Waals surface area (Å²) in [5.74, 6) is -3.58. The molecule has 5 amide bonds. The summed E-state index contributed by atoms with van der Waals surface area (Å²) in [6, 6.07) is 2.40. The summed E-state index contributed by atoms with van der Waals surface area (Å²) >= 11 is 8.00. The monoisotopic (exact) mass is 974 g/mol. The number of ether oxygens (including phenoxy) is 5. The lowest BCUT2D eigenvalue weighted by atomic mass is 9.82. The summed E-state index contributed by atoms with van der Waals surface area (Å²) in [5, 5.41) is 23.2. The molecule has 368 valence electrons. The standard InChI is InChI=1S/C47H63ClN4O14S/c1-25-10-9-11-35(63-8)47(61)23-33(64-45(60)49-47)26(2)41-46(4,66-41)36(22-38(54)51(6)31-19-29(18-25)20-32(62-7)40(31)48)65-44(59)27(3)50(5)37(53)16-17-67-34-21-39(55)52(42(34)56)24-28-12-14-30(15-13-28)43(57)58/h9-11,19-20,26-28,30,33-36,41,61H,12-18,21-24H2,1-8H3,(H,49,60)(H,57,58)/b11-9-,25-10-/t26-,27+,28?,30?,33+,34?,35-,36+,41-,46+,47+/m1/s1. The van der Waals surface area contributed by atoms with Crippen LogP contribution in [0.15, 0.2) is 35.9 Å². The Morgan fingerprint density at radius 2 is 1.79 bits per heavy atom. The van der Waals surface area contributed by atoms with Crippen molar-refractivity contribution in [1.29, 1.82) is 0 Å². The lowest BCUT2D eigenvalue weighted by Crippen LogP contribution is -2.63. The molecule has 1 aromatic rings. The number of nitrogens with zero attached hydrogens (tertiary/aromatic N) is 3. The number of benzene rings is 1.